The van der Waals surface area contributed by atoms with Gasteiger partial charge in [-0.2, -0.15) is 0 Å². The Kier molecular flexibility index (Phi) is 8.17. The lowest BCUT2D eigenvalue weighted by atomic mass is 9.99. The van der Waals surface area contributed by atoms with Gasteiger partial charge in [-0.15, -0.1) is 0 Å². The number of ether oxygens (including phenoxy) is 2. The molecule has 2 saturated heterocycles. The van der Waals surface area contributed by atoms with Gasteiger partial charge in [-0.05, 0) is 25.6 Å². The average molecular weight is 520 g/mol. The van der Waals surface area contributed by atoms with Gasteiger partial charge in [-0.1, -0.05) is 35.0 Å². The highest BCUT2D eigenvalue weighted by atomic mass is 35.5. The van der Waals surface area contributed by atoms with Crippen molar-refractivity contribution in [1.82, 2.24) is 9.80 Å². The minimum absolute atomic E-state index is 0.0742. The second-order valence-corrected chi connectivity index (χ2v) is 9.51. The Bertz CT molecular complexity index is 1100. The second kappa shape index (κ2) is 11.3. The van der Waals surface area contributed by atoms with E-state index < -0.39 is 23.6 Å². The van der Waals surface area contributed by atoms with Crippen LogP contribution < -0.4 is 0 Å². The highest BCUT2D eigenvalue weighted by Gasteiger charge is 2.38. The van der Waals surface area contributed by atoms with Crippen molar-refractivity contribution in [3.8, 4) is 11.5 Å². The Labute approximate surface area is 214 Å². The number of amides is 1. The highest BCUT2D eigenvalue weighted by molar-refractivity contribution is 6.33. The minimum Gasteiger partial charge on any atom is -0.507 e. The number of esters is 1. The first-order valence-corrected chi connectivity index (χ1v) is 12.2. The lowest BCUT2D eigenvalue weighted by Crippen LogP contribution is -2.48. The van der Waals surface area contributed by atoms with Crippen LogP contribution in [0.25, 0.3) is 0 Å². The molecule has 3 atom stereocenters. The maximum absolute atomic E-state index is 13.0. The first-order chi connectivity index (χ1) is 17.2. The van der Waals surface area contributed by atoms with Crippen LogP contribution in [0.15, 0.2) is 35.5 Å². The van der Waals surface area contributed by atoms with Gasteiger partial charge in [-0.3, -0.25) is 4.79 Å². The van der Waals surface area contributed by atoms with Gasteiger partial charge in [0.25, 0.3) is 5.91 Å². The monoisotopic (exact) mass is 519 g/mol. The van der Waals surface area contributed by atoms with Crippen molar-refractivity contribution >= 4 is 29.2 Å². The zero-order valence-corrected chi connectivity index (χ0v) is 21.0. The number of hydrogen-bond donors (Lipinski definition) is 2. The average Bonchev–Trinajstić information content (AvgIpc) is 3.56. The number of phenolic OH excluding ortho intramolecular Hbond substituents is 2. The fourth-order valence-corrected chi connectivity index (χ4v) is 4.39. The van der Waals surface area contributed by atoms with E-state index in [4.69, 9.17) is 25.9 Å². The molecule has 0 radical (unpaired) electrons. The maximum Gasteiger partial charge on any atom is 0.342 e. The lowest BCUT2D eigenvalue weighted by molar-refractivity contribution is -0.137. The number of halogens is 1. The molecule has 0 bridgehead atoms. The highest BCUT2D eigenvalue weighted by Crippen LogP contribution is 2.38. The SMILES string of the molecule is C[C@@H]1C[C@H]2O[C@@H]2\C=C/C=C/C(=N\OCC(=O)N2CCN(C)CC2)Cc2c(Cl)c(O)cc(O)c2C(=O)O1. The van der Waals surface area contributed by atoms with Crippen LogP contribution in [-0.2, 0) is 25.5 Å². The summed E-state index contributed by atoms with van der Waals surface area (Å²) in [5.74, 6) is -1.82. The summed E-state index contributed by atoms with van der Waals surface area (Å²) < 4.78 is 11.1. The van der Waals surface area contributed by atoms with E-state index in [-0.39, 0.29) is 47.3 Å². The fraction of sp³-hybridized carbons (Fsp3) is 0.480. The quantitative estimate of drug-likeness (QED) is 0.354. The maximum atomic E-state index is 13.0. The molecule has 194 valence electrons. The summed E-state index contributed by atoms with van der Waals surface area (Å²) in [7, 11) is 2.00. The van der Waals surface area contributed by atoms with Crippen LogP contribution in [0.3, 0.4) is 0 Å². The third-order valence-electron chi connectivity index (χ3n) is 6.30. The molecule has 4 rings (SSSR count). The van der Waals surface area contributed by atoms with Crippen LogP contribution in [0.1, 0.15) is 29.3 Å². The zero-order valence-electron chi connectivity index (χ0n) is 20.2. The first-order valence-electron chi connectivity index (χ1n) is 11.8. The van der Waals surface area contributed by atoms with E-state index in [0.29, 0.717) is 25.2 Å². The number of epoxide rings is 1. The molecule has 1 aromatic carbocycles. The van der Waals surface area contributed by atoms with Gasteiger partial charge in [0, 0.05) is 45.1 Å². The van der Waals surface area contributed by atoms with E-state index in [1.165, 1.54) is 0 Å². The molecule has 0 unspecified atom stereocenters. The van der Waals surface area contributed by atoms with Crippen LogP contribution >= 0.6 is 11.6 Å². The molecule has 2 fully saturated rings. The van der Waals surface area contributed by atoms with E-state index >= 15 is 0 Å². The number of oxime groups is 1. The van der Waals surface area contributed by atoms with E-state index in [1.807, 2.05) is 13.1 Å². The Balaban J connectivity index is 1.59. The molecule has 0 saturated carbocycles. The van der Waals surface area contributed by atoms with Crippen LogP contribution in [0.4, 0.5) is 0 Å². The number of allylic oxidation sites excluding steroid dienone is 3. The summed E-state index contributed by atoms with van der Waals surface area (Å²) in [6, 6.07) is 0.997. The molecule has 10 nitrogen and oxygen atoms in total. The number of piperazine rings is 1. The Morgan fingerprint density at radius 2 is 1.97 bits per heavy atom. The number of phenols is 2. The number of carbonyl (C=O) groups excluding carboxylic acids is 2. The molecule has 3 aliphatic rings. The summed E-state index contributed by atoms with van der Waals surface area (Å²) in [4.78, 5) is 34.7. The summed E-state index contributed by atoms with van der Waals surface area (Å²) in [5.41, 5.74) is 0.274. The third kappa shape index (κ3) is 6.37. The zero-order chi connectivity index (χ0) is 25.8. The number of aromatic hydroxyl groups is 2. The van der Waals surface area contributed by atoms with E-state index in [1.54, 1.807) is 30.1 Å². The van der Waals surface area contributed by atoms with Crippen molar-refractivity contribution in [1.29, 1.82) is 0 Å². The Morgan fingerprint density at radius 1 is 1.22 bits per heavy atom. The molecule has 0 aromatic heterocycles. The molecular formula is C25H30ClN3O7. The molecule has 0 aliphatic carbocycles. The minimum atomic E-state index is -0.781. The number of fused-ring (bicyclic) bond motifs is 2. The van der Waals surface area contributed by atoms with E-state index in [9.17, 15) is 19.8 Å². The van der Waals surface area contributed by atoms with Gasteiger partial charge in [0.05, 0.1) is 16.8 Å². The Morgan fingerprint density at radius 3 is 2.72 bits per heavy atom. The van der Waals surface area contributed by atoms with Gasteiger partial charge >= 0.3 is 5.97 Å². The third-order valence-corrected chi connectivity index (χ3v) is 6.73. The van der Waals surface area contributed by atoms with Gasteiger partial charge in [0.2, 0.25) is 0 Å². The summed E-state index contributed by atoms with van der Waals surface area (Å²) >= 11 is 6.34. The smallest absolute Gasteiger partial charge is 0.342 e. The summed E-state index contributed by atoms with van der Waals surface area (Å²) in [6.07, 6.45) is 6.84. The predicted molar refractivity (Wildman–Crippen MR) is 132 cm³/mol. The number of carbonyl (C=O) groups is 2. The van der Waals surface area contributed by atoms with Gasteiger partial charge in [-0.25, -0.2) is 4.79 Å². The number of nitrogens with zero attached hydrogens (tertiary/aromatic N) is 3. The first kappa shape index (κ1) is 26.0. The Hall–Kier alpha value is -3.08. The molecule has 2 N–H and O–H groups in total. The van der Waals surface area contributed by atoms with Crippen molar-refractivity contribution in [2.45, 2.75) is 38.1 Å². The van der Waals surface area contributed by atoms with Crippen molar-refractivity contribution in [3.05, 3.63) is 46.5 Å². The number of benzene rings is 1. The van der Waals surface area contributed by atoms with Crippen molar-refractivity contribution in [3.63, 3.8) is 0 Å². The number of hydrogen-bond acceptors (Lipinski definition) is 9. The predicted octanol–water partition coefficient (Wildman–Crippen LogP) is 2.27. The number of likely N-dealkylation sites (N-methyl/N-ethyl adjacent to an activating group) is 1. The topological polar surface area (TPSA) is 124 Å². The molecule has 1 aromatic rings. The van der Waals surface area contributed by atoms with Gasteiger partial charge in [0.1, 0.15) is 29.3 Å². The van der Waals surface area contributed by atoms with Gasteiger partial charge < -0.3 is 34.3 Å². The van der Waals surface area contributed by atoms with Crippen LogP contribution in [0.2, 0.25) is 5.02 Å². The van der Waals surface area contributed by atoms with Crippen LogP contribution in [0.5, 0.6) is 11.5 Å². The second-order valence-electron chi connectivity index (χ2n) is 9.13. The van der Waals surface area contributed by atoms with E-state index in [0.717, 1.165) is 19.2 Å². The summed E-state index contributed by atoms with van der Waals surface area (Å²) in [5, 5.41) is 24.7. The van der Waals surface area contributed by atoms with Crippen LogP contribution in [0, 0.1) is 0 Å². The normalized spacial score (nSPS) is 27.9. The van der Waals surface area contributed by atoms with E-state index in [2.05, 4.69) is 10.1 Å². The molecule has 11 heteroatoms. The van der Waals surface area contributed by atoms with Crippen molar-refractivity contribution in [2.75, 3.05) is 39.8 Å². The standard InChI is InChI=1S/C25H30ClN3O7/c1-15-11-21-20(36-21)6-4-3-5-16(27-34-14-22(32)29-9-7-28(2)8-10-29)12-17-23(25(33)35-15)18(30)13-19(31)24(17)26/h3-6,13,15,20-21,30-31H,7-12,14H2,1-2H3/b5-3+,6-4-,27-16+/t15-,20-,21-/m1/s1. The molecular weight excluding hydrogens is 490 g/mol. The molecule has 0 spiro atoms. The number of cyclic esters (lactones) is 1. The summed E-state index contributed by atoms with van der Waals surface area (Å²) in [6.45, 7) is 4.30. The number of rotatable bonds is 3. The van der Waals surface area contributed by atoms with Crippen LogP contribution in [-0.4, -0.2) is 95.7 Å². The molecule has 1 amide bonds. The van der Waals surface area contributed by atoms with Crippen molar-refractivity contribution in [2.24, 2.45) is 5.16 Å². The molecule has 36 heavy (non-hydrogen) atoms. The van der Waals surface area contributed by atoms with Crippen molar-refractivity contribution < 1.29 is 34.1 Å². The fourth-order valence-electron chi connectivity index (χ4n) is 4.17. The molecule has 3 heterocycles. The lowest BCUT2D eigenvalue weighted by Gasteiger charge is -2.32. The van der Waals surface area contributed by atoms with Gasteiger partial charge in [0.15, 0.2) is 6.61 Å². The molecule has 3 aliphatic heterocycles. The largest absolute Gasteiger partial charge is 0.507 e.